The molecule has 0 amide bonds. The zero-order valence-electron chi connectivity index (χ0n) is 9.34. The molecule has 3 nitrogen and oxygen atoms in total. The summed E-state index contributed by atoms with van der Waals surface area (Å²) in [6.45, 7) is 0.695. The van der Waals surface area contributed by atoms with Crippen molar-refractivity contribution in [2.24, 2.45) is 0 Å². The number of nitrogens with zero attached hydrogens (tertiary/aromatic N) is 2. The third-order valence-corrected chi connectivity index (χ3v) is 3.11. The third kappa shape index (κ3) is 3.27. The van der Waals surface area contributed by atoms with Crippen molar-refractivity contribution >= 4 is 15.9 Å². The maximum Gasteiger partial charge on any atom is 0.267 e. The molecule has 0 aliphatic carbocycles. The van der Waals surface area contributed by atoms with E-state index in [9.17, 15) is 4.79 Å². The highest BCUT2D eigenvalue weighted by atomic mass is 79.9. The van der Waals surface area contributed by atoms with Gasteiger partial charge in [0.25, 0.3) is 5.56 Å². The molecule has 0 spiro atoms. The van der Waals surface area contributed by atoms with Crippen molar-refractivity contribution in [3.8, 4) is 0 Å². The summed E-state index contributed by atoms with van der Waals surface area (Å²) in [5, 5.41) is 0. The molecule has 88 valence electrons. The molecular weight excluding hydrogens is 280 g/mol. The van der Waals surface area contributed by atoms with E-state index in [-0.39, 0.29) is 5.56 Å². The van der Waals surface area contributed by atoms with Crippen LogP contribution >= 0.6 is 15.9 Å². The summed E-state index contributed by atoms with van der Waals surface area (Å²) in [4.78, 5) is 15.7. The van der Waals surface area contributed by atoms with Gasteiger partial charge in [0.1, 0.15) is 4.47 Å². The second kappa shape index (κ2) is 5.77. The van der Waals surface area contributed by atoms with Crippen molar-refractivity contribution in [1.29, 1.82) is 0 Å². The number of halogens is 1. The van der Waals surface area contributed by atoms with E-state index >= 15 is 0 Å². The fourth-order valence-corrected chi connectivity index (χ4v) is 2.03. The molecule has 0 atom stereocenters. The molecule has 2 aromatic rings. The summed E-state index contributed by atoms with van der Waals surface area (Å²) in [5.41, 5.74) is 1.27. The van der Waals surface area contributed by atoms with E-state index in [1.807, 2.05) is 18.2 Å². The molecule has 0 fully saturated rings. The molecule has 0 unspecified atom stereocenters. The first-order chi connectivity index (χ1) is 8.27. The third-order valence-electron chi connectivity index (χ3n) is 2.57. The highest BCUT2D eigenvalue weighted by Gasteiger charge is 2.00. The van der Waals surface area contributed by atoms with Gasteiger partial charge in [-0.1, -0.05) is 30.3 Å². The lowest BCUT2D eigenvalue weighted by Crippen LogP contribution is -2.20. The Bertz CT molecular complexity index is 537. The van der Waals surface area contributed by atoms with Crippen molar-refractivity contribution in [3.63, 3.8) is 0 Å². The fourth-order valence-electron chi connectivity index (χ4n) is 1.68. The smallest absolute Gasteiger partial charge is 0.267 e. The Morgan fingerprint density at radius 1 is 1.24 bits per heavy atom. The van der Waals surface area contributed by atoms with Crippen LogP contribution in [0.25, 0.3) is 0 Å². The first kappa shape index (κ1) is 12.0. The zero-order chi connectivity index (χ0) is 12.1. The van der Waals surface area contributed by atoms with Gasteiger partial charge in [-0.3, -0.25) is 9.36 Å². The fraction of sp³-hybridized carbons (Fsp3) is 0.231. The van der Waals surface area contributed by atoms with Gasteiger partial charge in [0.2, 0.25) is 0 Å². The highest BCUT2D eigenvalue weighted by molar-refractivity contribution is 9.10. The molecule has 4 heteroatoms. The van der Waals surface area contributed by atoms with Gasteiger partial charge in [0.05, 0.1) is 6.33 Å². The number of hydrogen-bond acceptors (Lipinski definition) is 2. The van der Waals surface area contributed by atoms with E-state index in [1.54, 1.807) is 10.9 Å². The first-order valence-electron chi connectivity index (χ1n) is 5.51. The SMILES string of the molecule is O=c1c(Br)cncn1CCCc1ccccc1. The van der Waals surface area contributed by atoms with Crippen LogP contribution in [0.1, 0.15) is 12.0 Å². The first-order valence-corrected chi connectivity index (χ1v) is 6.30. The molecule has 1 aromatic carbocycles. The maximum absolute atomic E-state index is 11.7. The lowest BCUT2D eigenvalue weighted by molar-refractivity contribution is 0.609. The Hall–Kier alpha value is -1.42. The Morgan fingerprint density at radius 2 is 2.00 bits per heavy atom. The van der Waals surface area contributed by atoms with Gasteiger partial charge < -0.3 is 0 Å². The second-order valence-electron chi connectivity index (χ2n) is 3.83. The molecule has 0 aliphatic rings. The molecule has 1 aromatic heterocycles. The monoisotopic (exact) mass is 292 g/mol. The predicted molar refractivity (Wildman–Crippen MR) is 71.0 cm³/mol. The van der Waals surface area contributed by atoms with Gasteiger partial charge in [0.15, 0.2) is 0 Å². The molecule has 0 aliphatic heterocycles. The average molecular weight is 293 g/mol. The van der Waals surface area contributed by atoms with Crippen molar-refractivity contribution in [2.75, 3.05) is 0 Å². The van der Waals surface area contributed by atoms with E-state index in [0.29, 0.717) is 11.0 Å². The Balaban J connectivity index is 1.95. The van der Waals surface area contributed by atoms with Crippen LogP contribution in [0.5, 0.6) is 0 Å². The standard InChI is InChI=1S/C13H13BrN2O/c14-12-9-15-10-16(13(12)17)8-4-7-11-5-2-1-3-6-11/h1-3,5-6,9-10H,4,7-8H2. The van der Waals surface area contributed by atoms with Gasteiger partial charge in [0, 0.05) is 12.7 Å². The van der Waals surface area contributed by atoms with Gasteiger partial charge >= 0.3 is 0 Å². The summed E-state index contributed by atoms with van der Waals surface area (Å²) < 4.78 is 2.15. The lowest BCUT2D eigenvalue weighted by Gasteiger charge is -2.05. The van der Waals surface area contributed by atoms with E-state index in [1.165, 1.54) is 11.8 Å². The molecule has 0 bridgehead atoms. The molecular formula is C13H13BrN2O. The zero-order valence-corrected chi connectivity index (χ0v) is 10.9. The van der Waals surface area contributed by atoms with Crippen molar-refractivity contribution in [3.05, 3.63) is 63.2 Å². The number of aromatic nitrogens is 2. The van der Waals surface area contributed by atoms with Crippen molar-refractivity contribution < 1.29 is 0 Å². The van der Waals surface area contributed by atoms with Crippen LogP contribution in [0.4, 0.5) is 0 Å². The number of aryl methyl sites for hydroxylation is 2. The molecule has 0 saturated heterocycles. The molecule has 1 heterocycles. The summed E-state index contributed by atoms with van der Waals surface area (Å²) in [6.07, 6.45) is 5.01. The minimum atomic E-state index is -0.0203. The van der Waals surface area contributed by atoms with Crippen LogP contribution in [0.2, 0.25) is 0 Å². The second-order valence-corrected chi connectivity index (χ2v) is 4.68. The Labute approximate surface area is 108 Å². The summed E-state index contributed by atoms with van der Waals surface area (Å²) in [5.74, 6) is 0. The highest BCUT2D eigenvalue weighted by Crippen LogP contribution is 2.04. The van der Waals surface area contributed by atoms with E-state index in [0.717, 1.165) is 12.8 Å². The molecule has 17 heavy (non-hydrogen) atoms. The van der Waals surface area contributed by atoms with Crippen LogP contribution in [0.15, 0.2) is 52.1 Å². The van der Waals surface area contributed by atoms with Gasteiger partial charge in [-0.15, -0.1) is 0 Å². The molecule has 0 saturated carbocycles. The quantitative estimate of drug-likeness (QED) is 0.868. The van der Waals surface area contributed by atoms with Crippen LogP contribution in [0, 0.1) is 0 Å². The lowest BCUT2D eigenvalue weighted by atomic mass is 10.1. The number of rotatable bonds is 4. The minimum Gasteiger partial charge on any atom is -0.298 e. The number of benzene rings is 1. The van der Waals surface area contributed by atoms with Crippen LogP contribution < -0.4 is 5.56 Å². The van der Waals surface area contributed by atoms with Crippen molar-refractivity contribution in [1.82, 2.24) is 9.55 Å². The van der Waals surface area contributed by atoms with Gasteiger partial charge in [-0.2, -0.15) is 0 Å². The van der Waals surface area contributed by atoms with Crippen molar-refractivity contribution in [2.45, 2.75) is 19.4 Å². The Morgan fingerprint density at radius 3 is 2.76 bits per heavy atom. The van der Waals surface area contributed by atoms with Gasteiger partial charge in [-0.05, 0) is 34.3 Å². The average Bonchev–Trinajstić information content (AvgIpc) is 2.36. The molecule has 0 N–H and O–H groups in total. The van der Waals surface area contributed by atoms with Gasteiger partial charge in [-0.25, -0.2) is 4.98 Å². The molecule has 0 radical (unpaired) electrons. The predicted octanol–water partition coefficient (Wildman–Crippen LogP) is 2.64. The summed E-state index contributed by atoms with van der Waals surface area (Å²) in [7, 11) is 0. The topological polar surface area (TPSA) is 34.9 Å². The van der Waals surface area contributed by atoms with E-state index in [4.69, 9.17) is 0 Å². The minimum absolute atomic E-state index is 0.0203. The van der Waals surface area contributed by atoms with Crippen LogP contribution in [0.3, 0.4) is 0 Å². The summed E-state index contributed by atoms with van der Waals surface area (Å²) >= 11 is 3.19. The largest absolute Gasteiger partial charge is 0.298 e. The number of hydrogen-bond donors (Lipinski definition) is 0. The summed E-state index contributed by atoms with van der Waals surface area (Å²) in [6, 6.07) is 10.3. The normalized spacial score (nSPS) is 10.4. The van der Waals surface area contributed by atoms with E-state index < -0.39 is 0 Å². The van der Waals surface area contributed by atoms with Crippen LogP contribution in [-0.2, 0) is 13.0 Å². The maximum atomic E-state index is 11.7. The van der Waals surface area contributed by atoms with Crippen LogP contribution in [-0.4, -0.2) is 9.55 Å². The molecule has 2 rings (SSSR count). The Kier molecular flexibility index (Phi) is 4.09. The van der Waals surface area contributed by atoms with E-state index in [2.05, 4.69) is 33.0 Å².